The van der Waals surface area contributed by atoms with Crippen molar-refractivity contribution in [3.05, 3.63) is 41.5 Å². The van der Waals surface area contributed by atoms with E-state index >= 15 is 0 Å². The number of nitrogens with zero attached hydrogens (tertiary/aromatic N) is 3. The monoisotopic (exact) mass is 331 g/mol. The highest BCUT2D eigenvalue weighted by atomic mass is 19.1. The van der Waals surface area contributed by atoms with Crippen LogP contribution in [0, 0.1) is 5.82 Å². The smallest absolute Gasteiger partial charge is 0.227 e. The zero-order chi connectivity index (χ0) is 16.9. The van der Waals surface area contributed by atoms with Crippen molar-refractivity contribution in [2.75, 3.05) is 18.4 Å². The standard InChI is InChI=1S/C17H22FN5O/c1-23-17(21-16(22-23)13-8-10-19-11-9-13)20-15(24)7-4-12-2-5-14(18)6-3-12/h2-3,5-6,13,19H,4,7-11H2,1H3,(H,20,21,22,24). The van der Waals surface area contributed by atoms with Gasteiger partial charge in [-0.3, -0.25) is 10.1 Å². The number of benzene rings is 1. The number of anilines is 1. The topological polar surface area (TPSA) is 71.8 Å². The summed E-state index contributed by atoms with van der Waals surface area (Å²) in [6.45, 7) is 1.95. The van der Waals surface area contributed by atoms with Gasteiger partial charge in [-0.2, -0.15) is 10.1 Å². The highest BCUT2D eigenvalue weighted by Gasteiger charge is 2.21. The van der Waals surface area contributed by atoms with Crippen molar-refractivity contribution in [1.29, 1.82) is 0 Å². The number of piperidine rings is 1. The number of hydrogen-bond acceptors (Lipinski definition) is 4. The number of hydrogen-bond donors (Lipinski definition) is 2. The lowest BCUT2D eigenvalue weighted by Crippen LogP contribution is -2.27. The minimum absolute atomic E-state index is 0.119. The Morgan fingerprint density at radius 3 is 2.75 bits per heavy atom. The Balaban J connectivity index is 1.55. The molecule has 2 aromatic rings. The van der Waals surface area contributed by atoms with Crippen LogP contribution in [0.4, 0.5) is 10.3 Å². The molecule has 3 rings (SSSR count). The molecule has 2 N–H and O–H groups in total. The second-order valence-corrected chi connectivity index (χ2v) is 6.12. The largest absolute Gasteiger partial charge is 0.317 e. The average molecular weight is 331 g/mol. The fourth-order valence-corrected chi connectivity index (χ4v) is 2.86. The summed E-state index contributed by atoms with van der Waals surface area (Å²) in [5, 5.41) is 10.6. The summed E-state index contributed by atoms with van der Waals surface area (Å²) in [4.78, 5) is 16.6. The summed E-state index contributed by atoms with van der Waals surface area (Å²) in [6, 6.07) is 6.20. The third-order valence-electron chi connectivity index (χ3n) is 4.29. The fraction of sp³-hybridized carbons (Fsp3) is 0.471. The molecule has 1 aromatic heterocycles. The molecule has 1 amide bonds. The molecular formula is C17H22FN5O. The summed E-state index contributed by atoms with van der Waals surface area (Å²) >= 11 is 0. The molecule has 0 bridgehead atoms. The van der Waals surface area contributed by atoms with Crippen LogP contribution in [0.1, 0.15) is 36.6 Å². The van der Waals surface area contributed by atoms with Crippen molar-refractivity contribution < 1.29 is 9.18 Å². The van der Waals surface area contributed by atoms with Crippen molar-refractivity contribution in [1.82, 2.24) is 20.1 Å². The molecule has 0 unspecified atom stereocenters. The van der Waals surface area contributed by atoms with Gasteiger partial charge in [-0.05, 0) is 50.0 Å². The quantitative estimate of drug-likeness (QED) is 0.879. The molecule has 24 heavy (non-hydrogen) atoms. The van der Waals surface area contributed by atoms with Crippen LogP contribution in [0.3, 0.4) is 0 Å². The lowest BCUT2D eigenvalue weighted by atomic mass is 9.98. The molecule has 1 aliphatic rings. The number of rotatable bonds is 5. The van der Waals surface area contributed by atoms with E-state index in [2.05, 4.69) is 20.7 Å². The van der Waals surface area contributed by atoms with Crippen LogP contribution in [0.25, 0.3) is 0 Å². The maximum absolute atomic E-state index is 12.9. The van der Waals surface area contributed by atoms with Crippen molar-refractivity contribution in [3.63, 3.8) is 0 Å². The van der Waals surface area contributed by atoms with Gasteiger partial charge >= 0.3 is 0 Å². The molecule has 0 saturated carbocycles. The van der Waals surface area contributed by atoms with Crippen LogP contribution < -0.4 is 10.6 Å². The predicted molar refractivity (Wildman–Crippen MR) is 89.2 cm³/mol. The fourth-order valence-electron chi connectivity index (χ4n) is 2.86. The highest BCUT2D eigenvalue weighted by molar-refractivity contribution is 5.89. The first kappa shape index (κ1) is 16.6. The summed E-state index contributed by atoms with van der Waals surface area (Å²) in [6.07, 6.45) is 2.91. The Morgan fingerprint density at radius 1 is 1.33 bits per heavy atom. The summed E-state index contributed by atoms with van der Waals surface area (Å²) in [5.41, 5.74) is 0.930. The Hall–Kier alpha value is -2.28. The van der Waals surface area contributed by atoms with Crippen molar-refractivity contribution >= 4 is 11.9 Å². The van der Waals surface area contributed by atoms with E-state index in [1.54, 1.807) is 23.9 Å². The molecule has 0 atom stereocenters. The van der Waals surface area contributed by atoms with E-state index in [4.69, 9.17) is 0 Å². The number of aromatic nitrogens is 3. The van der Waals surface area contributed by atoms with Gasteiger partial charge in [-0.15, -0.1) is 0 Å². The zero-order valence-corrected chi connectivity index (χ0v) is 13.8. The SMILES string of the molecule is Cn1nc(C2CCNCC2)nc1NC(=O)CCc1ccc(F)cc1. The Labute approximate surface area is 140 Å². The van der Waals surface area contributed by atoms with Gasteiger partial charge < -0.3 is 5.32 Å². The van der Waals surface area contributed by atoms with E-state index < -0.39 is 0 Å². The van der Waals surface area contributed by atoms with Gasteiger partial charge in [0.1, 0.15) is 5.82 Å². The Bertz CT molecular complexity index is 692. The lowest BCUT2D eigenvalue weighted by Gasteiger charge is -2.19. The summed E-state index contributed by atoms with van der Waals surface area (Å²) in [7, 11) is 1.78. The van der Waals surface area contributed by atoms with Gasteiger partial charge in [0, 0.05) is 19.4 Å². The third-order valence-corrected chi connectivity index (χ3v) is 4.29. The van der Waals surface area contributed by atoms with Gasteiger partial charge in [-0.25, -0.2) is 9.07 Å². The predicted octanol–water partition coefficient (Wildman–Crippen LogP) is 1.99. The zero-order valence-electron chi connectivity index (χ0n) is 13.8. The second-order valence-electron chi connectivity index (χ2n) is 6.12. The van der Waals surface area contributed by atoms with Crippen LogP contribution in [0.15, 0.2) is 24.3 Å². The molecule has 2 heterocycles. The number of carbonyl (C=O) groups is 1. The van der Waals surface area contributed by atoms with Crippen molar-refractivity contribution in [2.45, 2.75) is 31.6 Å². The van der Waals surface area contributed by atoms with E-state index in [1.807, 2.05) is 0 Å². The van der Waals surface area contributed by atoms with E-state index in [1.165, 1.54) is 12.1 Å². The first-order valence-electron chi connectivity index (χ1n) is 8.28. The first-order valence-corrected chi connectivity index (χ1v) is 8.28. The van der Waals surface area contributed by atoms with E-state index in [0.717, 1.165) is 37.3 Å². The highest BCUT2D eigenvalue weighted by Crippen LogP contribution is 2.23. The minimum Gasteiger partial charge on any atom is -0.317 e. The van der Waals surface area contributed by atoms with Gasteiger partial charge in [0.2, 0.25) is 11.9 Å². The molecule has 6 nitrogen and oxygen atoms in total. The summed E-state index contributed by atoms with van der Waals surface area (Å²) in [5.74, 6) is 1.24. The van der Waals surface area contributed by atoms with E-state index in [-0.39, 0.29) is 11.7 Å². The number of aryl methyl sites for hydroxylation is 2. The third kappa shape index (κ3) is 4.17. The van der Waals surface area contributed by atoms with Gasteiger partial charge in [-0.1, -0.05) is 12.1 Å². The van der Waals surface area contributed by atoms with Crippen molar-refractivity contribution in [2.24, 2.45) is 7.05 Å². The van der Waals surface area contributed by atoms with E-state index in [0.29, 0.717) is 24.7 Å². The molecule has 0 spiro atoms. The number of nitrogens with one attached hydrogen (secondary N) is 2. The molecular weight excluding hydrogens is 309 g/mol. The lowest BCUT2D eigenvalue weighted by molar-refractivity contribution is -0.116. The van der Waals surface area contributed by atoms with Gasteiger partial charge in [0.05, 0.1) is 0 Å². The molecule has 1 saturated heterocycles. The number of amides is 1. The van der Waals surface area contributed by atoms with Crippen LogP contribution in [-0.2, 0) is 18.3 Å². The first-order chi connectivity index (χ1) is 11.6. The molecule has 1 aromatic carbocycles. The maximum atomic E-state index is 12.9. The average Bonchev–Trinajstić information content (AvgIpc) is 2.96. The molecule has 1 fully saturated rings. The molecule has 0 aliphatic carbocycles. The van der Waals surface area contributed by atoms with Crippen LogP contribution in [0.2, 0.25) is 0 Å². The van der Waals surface area contributed by atoms with Crippen LogP contribution >= 0.6 is 0 Å². The molecule has 128 valence electrons. The van der Waals surface area contributed by atoms with Crippen molar-refractivity contribution in [3.8, 4) is 0 Å². The van der Waals surface area contributed by atoms with Crippen LogP contribution in [-0.4, -0.2) is 33.8 Å². The van der Waals surface area contributed by atoms with E-state index in [9.17, 15) is 9.18 Å². The molecule has 7 heteroatoms. The Kier molecular flexibility index (Phi) is 5.20. The normalized spacial score (nSPS) is 15.4. The second kappa shape index (κ2) is 7.53. The van der Waals surface area contributed by atoms with Crippen LogP contribution in [0.5, 0.6) is 0 Å². The summed E-state index contributed by atoms with van der Waals surface area (Å²) < 4.78 is 14.5. The number of halogens is 1. The molecule has 0 radical (unpaired) electrons. The number of carbonyl (C=O) groups excluding carboxylic acids is 1. The maximum Gasteiger partial charge on any atom is 0.227 e. The van der Waals surface area contributed by atoms with Gasteiger partial charge in [0.15, 0.2) is 5.82 Å². The minimum atomic E-state index is -0.271. The van der Waals surface area contributed by atoms with Gasteiger partial charge in [0.25, 0.3) is 0 Å². The Morgan fingerprint density at radius 2 is 2.04 bits per heavy atom. The molecule has 1 aliphatic heterocycles.